The van der Waals surface area contributed by atoms with Gasteiger partial charge in [-0.25, -0.2) is 13.8 Å². The van der Waals surface area contributed by atoms with E-state index in [0.29, 0.717) is 18.7 Å². The smallest absolute Gasteiger partial charge is 0.130 e. The minimum absolute atomic E-state index is 0.318. The van der Waals surface area contributed by atoms with E-state index in [9.17, 15) is 8.78 Å². The summed E-state index contributed by atoms with van der Waals surface area (Å²) in [4.78, 5) is 6.18. The van der Waals surface area contributed by atoms with Crippen LogP contribution in [0.2, 0.25) is 0 Å². The summed E-state index contributed by atoms with van der Waals surface area (Å²) in [6.45, 7) is 1.06. The lowest BCUT2D eigenvalue weighted by Gasteiger charge is -2.21. The first-order chi connectivity index (χ1) is 9.47. The average Bonchev–Trinajstić information content (AvgIpc) is 2.74. The molecule has 0 spiro atoms. The fraction of sp³-hybridized carbons (Fsp3) is 0.357. The van der Waals surface area contributed by atoms with Gasteiger partial charge in [-0.05, 0) is 13.1 Å². The number of nitrogens with zero attached hydrogens (tertiary/aromatic N) is 3. The van der Waals surface area contributed by atoms with Crippen molar-refractivity contribution in [2.75, 3.05) is 13.6 Å². The highest BCUT2D eigenvalue weighted by atomic mass is 19.1. The van der Waals surface area contributed by atoms with Gasteiger partial charge in [0.2, 0.25) is 0 Å². The Kier molecular flexibility index (Phi) is 4.46. The SMILES string of the molecule is CN(Cc1nccn1C)CC(N)c1ccc(F)cc1F. The summed E-state index contributed by atoms with van der Waals surface area (Å²) in [5.74, 6) is -0.304. The van der Waals surface area contributed by atoms with Crippen molar-refractivity contribution in [1.29, 1.82) is 0 Å². The predicted octanol–water partition coefficient (Wildman–Crippen LogP) is 1.83. The molecule has 108 valence electrons. The number of benzene rings is 1. The molecule has 4 nitrogen and oxygen atoms in total. The van der Waals surface area contributed by atoms with Gasteiger partial charge in [0.25, 0.3) is 0 Å². The summed E-state index contributed by atoms with van der Waals surface area (Å²) < 4.78 is 28.4. The number of hydrogen-bond donors (Lipinski definition) is 1. The highest BCUT2D eigenvalue weighted by Crippen LogP contribution is 2.17. The van der Waals surface area contributed by atoms with E-state index in [4.69, 9.17) is 5.73 Å². The van der Waals surface area contributed by atoms with Gasteiger partial charge in [-0.15, -0.1) is 0 Å². The zero-order valence-corrected chi connectivity index (χ0v) is 11.6. The molecule has 1 atom stereocenters. The zero-order chi connectivity index (χ0) is 14.7. The van der Waals surface area contributed by atoms with Crippen molar-refractivity contribution in [2.24, 2.45) is 12.8 Å². The molecule has 0 radical (unpaired) electrons. The van der Waals surface area contributed by atoms with Crippen molar-refractivity contribution in [2.45, 2.75) is 12.6 Å². The normalized spacial score (nSPS) is 12.9. The van der Waals surface area contributed by atoms with Gasteiger partial charge in [0.1, 0.15) is 17.5 Å². The molecule has 0 saturated heterocycles. The molecule has 2 N–H and O–H groups in total. The number of aromatic nitrogens is 2. The van der Waals surface area contributed by atoms with Crippen LogP contribution >= 0.6 is 0 Å². The van der Waals surface area contributed by atoms with E-state index in [-0.39, 0.29) is 0 Å². The van der Waals surface area contributed by atoms with Gasteiger partial charge in [0.05, 0.1) is 6.54 Å². The maximum Gasteiger partial charge on any atom is 0.130 e. The fourth-order valence-electron chi connectivity index (χ4n) is 2.09. The molecule has 0 aliphatic heterocycles. The highest BCUT2D eigenvalue weighted by Gasteiger charge is 2.15. The van der Waals surface area contributed by atoms with Crippen LogP contribution < -0.4 is 5.73 Å². The van der Waals surface area contributed by atoms with Gasteiger partial charge in [-0.1, -0.05) is 6.07 Å². The molecule has 1 unspecified atom stereocenters. The second-order valence-corrected chi connectivity index (χ2v) is 4.92. The van der Waals surface area contributed by atoms with Crippen LogP contribution in [-0.2, 0) is 13.6 Å². The summed E-state index contributed by atoms with van der Waals surface area (Å²) in [6, 6.07) is 2.95. The Labute approximate surface area is 116 Å². The van der Waals surface area contributed by atoms with Gasteiger partial charge < -0.3 is 10.3 Å². The predicted molar refractivity (Wildman–Crippen MR) is 72.8 cm³/mol. The Balaban J connectivity index is 2.00. The van der Waals surface area contributed by atoms with E-state index in [1.54, 1.807) is 6.20 Å². The Morgan fingerprint density at radius 1 is 1.40 bits per heavy atom. The second-order valence-electron chi connectivity index (χ2n) is 4.92. The summed E-state index contributed by atoms with van der Waals surface area (Å²) in [5, 5.41) is 0. The molecule has 0 fully saturated rings. The van der Waals surface area contributed by atoms with Crippen molar-refractivity contribution < 1.29 is 8.78 Å². The first-order valence-corrected chi connectivity index (χ1v) is 6.32. The minimum Gasteiger partial charge on any atom is -0.337 e. The van der Waals surface area contributed by atoms with E-state index in [1.165, 1.54) is 12.1 Å². The lowest BCUT2D eigenvalue weighted by atomic mass is 10.1. The number of rotatable bonds is 5. The Morgan fingerprint density at radius 2 is 2.15 bits per heavy atom. The van der Waals surface area contributed by atoms with E-state index in [1.807, 2.05) is 29.8 Å². The number of imidazole rings is 1. The van der Waals surface area contributed by atoms with Crippen LogP contribution in [0.5, 0.6) is 0 Å². The molecule has 0 bridgehead atoms. The van der Waals surface area contributed by atoms with Gasteiger partial charge in [-0.2, -0.15) is 0 Å². The van der Waals surface area contributed by atoms with Crippen LogP contribution in [0.15, 0.2) is 30.6 Å². The molecular formula is C14H18F2N4. The number of nitrogens with two attached hydrogens (primary N) is 1. The quantitative estimate of drug-likeness (QED) is 0.909. The van der Waals surface area contributed by atoms with E-state index in [0.717, 1.165) is 11.9 Å². The lowest BCUT2D eigenvalue weighted by molar-refractivity contribution is 0.292. The molecule has 1 heterocycles. The first-order valence-electron chi connectivity index (χ1n) is 6.32. The average molecular weight is 280 g/mol. The van der Waals surface area contributed by atoms with Crippen LogP contribution in [0, 0.1) is 11.6 Å². The third kappa shape index (κ3) is 3.40. The summed E-state index contributed by atoms with van der Waals surface area (Å²) in [6.07, 6.45) is 3.59. The second kappa shape index (κ2) is 6.11. The van der Waals surface area contributed by atoms with Gasteiger partial charge >= 0.3 is 0 Å². The summed E-state index contributed by atoms with van der Waals surface area (Å²) in [7, 11) is 3.80. The van der Waals surface area contributed by atoms with Crippen LogP contribution in [0.4, 0.5) is 8.78 Å². The zero-order valence-electron chi connectivity index (χ0n) is 11.6. The molecule has 1 aromatic carbocycles. The highest BCUT2D eigenvalue weighted by molar-refractivity contribution is 5.22. The molecule has 0 amide bonds. The molecule has 2 aromatic rings. The fourth-order valence-corrected chi connectivity index (χ4v) is 2.09. The standard InChI is InChI=1S/C14H18F2N4/c1-19(9-14-18-5-6-20(14)2)8-13(17)11-4-3-10(15)7-12(11)16/h3-7,13H,8-9,17H2,1-2H3. The molecular weight excluding hydrogens is 262 g/mol. The molecule has 6 heteroatoms. The summed E-state index contributed by atoms with van der Waals surface area (Å²) in [5.41, 5.74) is 6.30. The molecule has 2 rings (SSSR count). The van der Waals surface area contributed by atoms with Gasteiger partial charge in [0, 0.05) is 43.7 Å². The third-order valence-electron chi connectivity index (χ3n) is 3.20. The van der Waals surface area contributed by atoms with Crippen molar-refractivity contribution >= 4 is 0 Å². The van der Waals surface area contributed by atoms with E-state index in [2.05, 4.69) is 4.98 Å². The molecule has 20 heavy (non-hydrogen) atoms. The number of halogens is 2. The van der Waals surface area contributed by atoms with E-state index < -0.39 is 17.7 Å². The van der Waals surface area contributed by atoms with Crippen LogP contribution in [0.25, 0.3) is 0 Å². The third-order valence-corrected chi connectivity index (χ3v) is 3.20. The van der Waals surface area contributed by atoms with Crippen molar-refractivity contribution in [3.05, 3.63) is 53.6 Å². The van der Waals surface area contributed by atoms with Crippen LogP contribution in [-0.4, -0.2) is 28.0 Å². The first kappa shape index (κ1) is 14.6. The number of hydrogen-bond acceptors (Lipinski definition) is 3. The molecule has 0 aliphatic rings. The maximum atomic E-state index is 13.6. The molecule has 0 saturated carbocycles. The lowest BCUT2D eigenvalue weighted by Crippen LogP contribution is -2.30. The minimum atomic E-state index is -0.608. The largest absolute Gasteiger partial charge is 0.337 e. The Bertz CT molecular complexity index is 582. The van der Waals surface area contributed by atoms with Crippen molar-refractivity contribution in [1.82, 2.24) is 14.5 Å². The maximum absolute atomic E-state index is 13.6. The van der Waals surface area contributed by atoms with E-state index >= 15 is 0 Å². The van der Waals surface area contributed by atoms with Crippen molar-refractivity contribution in [3.63, 3.8) is 0 Å². The molecule has 1 aromatic heterocycles. The van der Waals surface area contributed by atoms with Gasteiger partial charge in [0.15, 0.2) is 0 Å². The van der Waals surface area contributed by atoms with Crippen LogP contribution in [0.1, 0.15) is 17.4 Å². The number of aryl methyl sites for hydroxylation is 1. The van der Waals surface area contributed by atoms with Crippen molar-refractivity contribution in [3.8, 4) is 0 Å². The Morgan fingerprint density at radius 3 is 2.75 bits per heavy atom. The van der Waals surface area contributed by atoms with Crippen LogP contribution in [0.3, 0.4) is 0 Å². The Hall–Kier alpha value is -1.79. The molecule has 0 aliphatic carbocycles. The summed E-state index contributed by atoms with van der Waals surface area (Å²) >= 11 is 0. The monoisotopic (exact) mass is 280 g/mol. The van der Waals surface area contributed by atoms with Gasteiger partial charge in [-0.3, -0.25) is 4.90 Å². The number of likely N-dealkylation sites (N-methyl/N-ethyl adjacent to an activating group) is 1. The topological polar surface area (TPSA) is 47.1 Å².